The second kappa shape index (κ2) is 13.4. The van der Waals surface area contributed by atoms with Crippen molar-refractivity contribution >= 4 is 23.3 Å². The van der Waals surface area contributed by atoms with Gasteiger partial charge in [0.2, 0.25) is 11.7 Å². The SMILES string of the molecule is CC1CCC(C(=O)Nc2ccnc(N3C(=O)CN(C)CC3C)c2)O1.COCCOc1cccc(F)c1F. The topological polar surface area (TPSA) is 93.2 Å². The van der Waals surface area contributed by atoms with Crippen molar-refractivity contribution in [2.45, 2.75) is 44.9 Å². The normalized spacial score (nSPS) is 21.8. The molecule has 2 aliphatic heterocycles. The number of amides is 2. The van der Waals surface area contributed by atoms with E-state index in [9.17, 15) is 18.4 Å². The van der Waals surface area contributed by atoms with Crippen molar-refractivity contribution in [3.63, 3.8) is 0 Å². The third kappa shape index (κ3) is 7.91. The van der Waals surface area contributed by atoms with Crippen LogP contribution >= 0.6 is 0 Å². The highest BCUT2D eigenvalue weighted by molar-refractivity contribution is 5.97. The van der Waals surface area contributed by atoms with Crippen LogP contribution in [0.4, 0.5) is 20.3 Å². The smallest absolute Gasteiger partial charge is 0.253 e. The zero-order chi connectivity index (χ0) is 26.9. The number of hydrogen-bond acceptors (Lipinski definition) is 7. The summed E-state index contributed by atoms with van der Waals surface area (Å²) < 4.78 is 40.7. The Morgan fingerprint density at radius 3 is 2.68 bits per heavy atom. The van der Waals surface area contributed by atoms with Gasteiger partial charge in [0.1, 0.15) is 18.5 Å². The number of anilines is 2. The molecule has 3 unspecified atom stereocenters. The summed E-state index contributed by atoms with van der Waals surface area (Å²) >= 11 is 0. The quantitative estimate of drug-likeness (QED) is 0.561. The molecule has 9 nitrogen and oxygen atoms in total. The Hall–Kier alpha value is -3.15. The fourth-order valence-electron chi connectivity index (χ4n) is 4.18. The Morgan fingerprint density at radius 1 is 1.22 bits per heavy atom. The zero-order valence-corrected chi connectivity index (χ0v) is 21.6. The molecule has 3 heterocycles. The first-order valence-electron chi connectivity index (χ1n) is 12.2. The summed E-state index contributed by atoms with van der Waals surface area (Å²) in [6.07, 6.45) is 2.96. The van der Waals surface area contributed by atoms with Gasteiger partial charge < -0.3 is 19.5 Å². The third-order valence-corrected chi connectivity index (χ3v) is 5.94. The summed E-state index contributed by atoms with van der Waals surface area (Å²) in [7, 11) is 3.43. The van der Waals surface area contributed by atoms with Gasteiger partial charge in [-0.1, -0.05) is 6.07 Å². The van der Waals surface area contributed by atoms with E-state index in [1.807, 2.05) is 25.8 Å². The predicted octanol–water partition coefficient (Wildman–Crippen LogP) is 3.24. The molecule has 0 aliphatic carbocycles. The number of carbonyl (C=O) groups is 2. The summed E-state index contributed by atoms with van der Waals surface area (Å²) in [5, 5.41) is 2.87. The van der Waals surface area contributed by atoms with Gasteiger partial charge in [0.05, 0.1) is 19.3 Å². The van der Waals surface area contributed by atoms with Crippen LogP contribution in [0.1, 0.15) is 26.7 Å². The molecule has 37 heavy (non-hydrogen) atoms. The number of pyridine rings is 1. The van der Waals surface area contributed by atoms with E-state index in [-0.39, 0.29) is 36.3 Å². The molecule has 0 spiro atoms. The van der Waals surface area contributed by atoms with Crippen molar-refractivity contribution in [2.24, 2.45) is 0 Å². The number of benzene rings is 1. The number of hydrogen-bond donors (Lipinski definition) is 1. The van der Waals surface area contributed by atoms with Gasteiger partial charge in [-0.3, -0.25) is 19.4 Å². The van der Waals surface area contributed by atoms with Crippen LogP contribution in [0.25, 0.3) is 0 Å². The molecule has 1 N–H and O–H groups in total. The standard InChI is InChI=1S/C17H24N4O3.C9H10F2O2/c1-11-9-20(3)10-16(22)21(11)15-8-13(6-7-18-15)19-17(23)14-5-4-12(2)24-14;1-12-5-6-13-8-4-2-3-7(10)9(8)11/h6-8,11-12,14H,4-5,9-10H2,1-3H3,(H,18,19,23);2-4H,5-6H2,1H3. The van der Waals surface area contributed by atoms with E-state index in [1.165, 1.54) is 19.2 Å². The number of methoxy groups -OCH3 is 1. The molecule has 11 heteroatoms. The van der Waals surface area contributed by atoms with Crippen molar-refractivity contribution in [2.75, 3.05) is 50.7 Å². The Labute approximate surface area is 215 Å². The van der Waals surface area contributed by atoms with Gasteiger partial charge in [-0.05, 0) is 51.9 Å². The van der Waals surface area contributed by atoms with Crippen molar-refractivity contribution in [3.05, 3.63) is 48.2 Å². The average Bonchev–Trinajstić information content (AvgIpc) is 3.28. The minimum atomic E-state index is -0.960. The molecular formula is C26H34F2N4O5. The van der Waals surface area contributed by atoms with E-state index in [1.54, 1.807) is 23.2 Å². The predicted molar refractivity (Wildman–Crippen MR) is 135 cm³/mol. The van der Waals surface area contributed by atoms with Crippen LogP contribution in [0.15, 0.2) is 36.5 Å². The second-order valence-corrected chi connectivity index (χ2v) is 9.11. The molecule has 0 saturated carbocycles. The number of nitrogens with zero attached hydrogens (tertiary/aromatic N) is 3. The van der Waals surface area contributed by atoms with Crippen LogP contribution in [0, 0.1) is 11.6 Å². The van der Waals surface area contributed by atoms with Crippen LogP contribution in [0.2, 0.25) is 0 Å². The first-order valence-corrected chi connectivity index (χ1v) is 12.2. The maximum atomic E-state index is 12.9. The first kappa shape index (κ1) is 28.4. The molecule has 0 radical (unpaired) electrons. The van der Waals surface area contributed by atoms with Gasteiger partial charge in [-0.2, -0.15) is 4.39 Å². The molecular weight excluding hydrogens is 486 g/mol. The van der Waals surface area contributed by atoms with E-state index in [0.29, 0.717) is 24.7 Å². The number of ether oxygens (including phenoxy) is 3. The van der Waals surface area contributed by atoms with E-state index in [4.69, 9.17) is 14.2 Å². The number of piperazine rings is 1. The molecule has 2 amide bonds. The first-order chi connectivity index (χ1) is 17.7. The molecule has 2 aliphatic rings. The van der Waals surface area contributed by atoms with Crippen LogP contribution in [-0.4, -0.2) is 80.4 Å². The highest BCUT2D eigenvalue weighted by Gasteiger charge is 2.31. The molecule has 1 aromatic heterocycles. The summed E-state index contributed by atoms with van der Waals surface area (Å²) in [5.74, 6) is -1.51. The summed E-state index contributed by atoms with van der Waals surface area (Å²) in [6.45, 7) is 5.67. The number of halogens is 2. The Balaban J connectivity index is 0.000000248. The van der Waals surface area contributed by atoms with E-state index in [0.717, 1.165) is 25.5 Å². The highest BCUT2D eigenvalue weighted by Crippen LogP contribution is 2.24. The molecule has 1 aromatic carbocycles. The lowest BCUT2D eigenvalue weighted by Crippen LogP contribution is -2.54. The number of rotatable bonds is 7. The maximum Gasteiger partial charge on any atom is 0.253 e. The lowest BCUT2D eigenvalue weighted by Gasteiger charge is -2.37. The van der Waals surface area contributed by atoms with Gasteiger partial charge in [-0.15, -0.1) is 0 Å². The van der Waals surface area contributed by atoms with Crippen molar-refractivity contribution < 1.29 is 32.6 Å². The van der Waals surface area contributed by atoms with Gasteiger partial charge in [0.25, 0.3) is 5.91 Å². The lowest BCUT2D eigenvalue weighted by atomic mass is 10.2. The molecule has 2 saturated heterocycles. The van der Waals surface area contributed by atoms with Crippen LogP contribution in [0.3, 0.4) is 0 Å². The van der Waals surface area contributed by atoms with E-state index >= 15 is 0 Å². The molecule has 3 atom stereocenters. The van der Waals surface area contributed by atoms with Gasteiger partial charge in [-0.25, -0.2) is 9.37 Å². The van der Waals surface area contributed by atoms with Crippen molar-refractivity contribution in [1.29, 1.82) is 0 Å². The van der Waals surface area contributed by atoms with E-state index in [2.05, 4.69) is 10.3 Å². The maximum absolute atomic E-state index is 12.9. The number of likely N-dealkylation sites (N-methyl/N-ethyl adjacent to an activating group) is 1. The zero-order valence-electron chi connectivity index (χ0n) is 21.6. The molecule has 4 rings (SSSR count). The fraction of sp³-hybridized carbons (Fsp3) is 0.500. The van der Waals surface area contributed by atoms with E-state index < -0.39 is 17.7 Å². The highest BCUT2D eigenvalue weighted by atomic mass is 19.2. The third-order valence-electron chi connectivity index (χ3n) is 5.94. The molecule has 202 valence electrons. The van der Waals surface area contributed by atoms with Gasteiger partial charge in [0.15, 0.2) is 11.6 Å². The van der Waals surface area contributed by atoms with Crippen molar-refractivity contribution in [1.82, 2.24) is 9.88 Å². The van der Waals surface area contributed by atoms with Gasteiger partial charge >= 0.3 is 0 Å². The lowest BCUT2D eigenvalue weighted by molar-refractivity contribution is -0.126. The Morgan fingerprint density at radius 2 is 2.00 bits per heavy atom. The van der Waals surface area contributed by atoms with Gasteiger partial charge in [0, 0.05) is 37.6 Å². The van der Waals surface area contributed by atoms with Crippen LogP contribution in [0.5, 0.6) is 5.75 Å². The fourth-order valence-corrected chi connectivity index (χ4v) is 4.18. The van der Waals surface area contributed by atoms with Crippen LogP contribution < -0.4 is 15.0 Å². The minimum absolute atomic E-state index is 0.0141. The summed E-state index contributed by atoms with van der Waals surface area (Å²) in [5.41, 5.74) is 0.632. The average molecular weight is 521 g/mol. The molecule has 2 aromatic rings. The molecule has 2 fully saturated rings. The summed E-state index contributed by atoms with van der Waals surface area (Å²) in [4.78, 5) is 32.6. The Kier molecular flexibility index (Phi) is 10.3. The largest absolute Gasteiger partial charge is 0.488 e. The van der Waals surface area contributed by atoms with Crippen molar-refractivity contribution in [3.8, 4) is 5.75 Å². The monoisotopic (exact) mass is 520 g/mol. The number of carbonyl (C=O) groups excluding carboxylic acids is 2. The van der Waals surface area contributed by atoms with Crippen LogP contribution in [-0.2, 0) is 19.1 Å². The second-order valence-electron chi connectivity index (χ2n) is 9.11. The minimum Gasteiger partial charge on any atom is -0.488 e. The molecule has 0 bridgehead atoms. The summed E-state index contributed by atoms with van der Waals surface area (Å²) in [6, 6.07) is 7.31. The number of aromatic nitrogens is 1. The Bertz CT molecular complexity index is 1070. The number of nitrogens with one attached hydrogen (secondary N) is 1.